The SMILES string of the molecule is CCCCOC1(C)CC1C. The second kappa shape index (κ2) is 2.91. The molecule has 2 atom stereocenters. The van der Waals surface area contributed by atoms with E-state index in [1.807, 2.05) is 0 Å². The van der Waals surface area contributed by atoms with Crippen molar-refractivity contribution < 1.29 is 4.74 Å². The van der Waals surface area contributed by atoms with E-state index in [1.54, 1.807) is 0 Å². The standard InChI is InChI=1S/C9H18O/c1-4-5-6-10-9(3)7-8(9)2/h8H,4-7H2,1-3H3. The number of hydrogen-bond acceptors (Lipinski definition) is 1. The van der Waals surface area contributed by atoms with Crippen molar-refractivity contribution in [2.45, 2.75) is 45.6 Å². The minimum Gasteiger partial charge on any atom is -0.375 e. The summed E-state index contributed by atoms with van der Waals surface area (Å²) in [7, 11) is 0. The first-order chi connectivity index (χ1) is 4.69. The number of rotatable bonds is 4. The van der Waals surface area contributed by atoms with E-state index in [0.29, 0.717) is 0 Å². The number of hydrogen-bond donors (Lipinski definition) is 0. The summed E-state index contributed by atoms with van der Waals surface area (Å²) in [5, 5.41) is 0. The summed E-state index contributed by atoms with van der Waals surface area (Å²) in [4.78, 5) is 0. The van der Waals surface area contributed by atoms with E-state index < -0.39 is 0 Å². The summed E-state index contributed by atoms with van der Waals surface area (Å²) in [5.41, 5.74) is 0.259. The second-order valence-electron chi connectivity index (χ2n) is 3.62. The molecule has 60 valence electrons. The van der Waals surface area contributed by atoms with Crippen LogP contribution in [0.15, 0.2) is 0 Å². The lowest BCUT2D eigenvalue weighted by Gasteiger charge is -2.10. The third kappa shape index (κ3) is 1.72. The third-order valence-corrected chi connectivity index (χ3v) is 2.52. The van der Waals surface area contributed by atoms with E-state index in [1.165, 1.54) is 19.3 Å². The molecule has 0 aliphatic heterocycles. The first-order valence-corrected chi connectivity index (χ1v) is 4.33. The molecule has 1 aliphatic carbocycles. The fraction of sp³-hybridized carbons (Fsp3) is 1.00. The molecule has 0 aromatic carbocycles. The Hall–Kier alpha value is -0.0400. The van der Waals surface area contributed by atoms with E-state index in [9.17, 15) is 0 Å². The zero-order valence-corrected chi connectivity index (χ0v) is 7.31. The minimum atomic E-state index is 0.259. The average Bonchev–Trinajstić information content (AvgIpc) is 2.42. The third-order valence-electron chi connectivity index (χ3n) is 2.52. The van der Waals surface area contributed by atoms with Gasteiger partial charge in [-0.1, -0.05) is 20.3 Å². The van der Waals surface area contributed by atoms with E-state index in [0.717, 1.165) is 12.5 Å². The van der Waals surface area contributed by atoms with Crippen LogP contribution in [0.5, 0.6) is 0 Å². The van der Waals surface area contributed by atoms with Gasteiger partial charge >= 0.3 is 0 Å². The Kier molecular flexibility index (Phi) is 2.35. The molecule has 1 rings (SSSR count). The molecular weight excluding hydrogens is 124 g/mol. The largest absolute Gasteiger partial charge is 0.375 e. The molecule has 0 aromatic rings. The van der Waals surface area contributed by atoms with E-state index in [2.05, 4.69) is 20.8 Å². The smallest absolute Gasteiger partial charge is 0.0684 e. The summed E-state index contributed by atoms with van der Waals surface area (Å²) in [6.07, 6.45) is 3.71. The predicted molar refractivity (Wildman–Crippen MR) is 43.0 cm³/mol. The topological polar surface area (TPSA) is 9.23 Å². The van der Waals surface area contributed by atoms with Crippen LogP contribution in [0.25, 0.3) is 0 Å². The van der Waals surface area contributed by atoms with Gasteiger partial charge in [-0.05, 0) is 25.7 Å². The molecule has 0 saturated heterocycles. The maximum Gasteiger partial charge on any atom is 0.0684 e. The van der Waals surface area contributed by atoms with Crippen LogP contribution in [0.3, 0.4) is 0 Å². The van der Waals surface area contributed by atoms with Crippen LogP contribution in [-0.4, -0.2) is 12.2 Å². The van der Waals surface area contributed by atoms with Crippen LogP contribution in [0.4, 0.5) is 0 Å². The fourth-order valence-electron chi connectivity index (χ4n) is 1.20. The van der Waals surface area contributed by atoms with Gasteiger partial charge in [0, 0.05) is 6.61 Å². The van der Waals surface area contributed by atoms with Gasteiger partial charge in [0.25, 0.3) is 0 Å². The van der Waals surface area contributed by atoms with Gasteiger partial charge in [0.15, 0.2) is 0 Å². The lowest BCUT2D eigenvalue weighted by atomic mass is 10.3. The van der Waals surface area contributed by atoms with Crippen LogP contribution in [0.1, 0.15) is 40.0 Å². The Morgan fingerprint density at radius 1 is 1.60 bits per heavy atom. The Morgan fingerprint density at radius 2 is 2.20 bits per heavy atom. The van der Waals surface area contributed by atoms with Crippen LogP contribution in [0, 0.1) is 5.92 Å². The lowest BCUT2D eigenvalue weighted by molar-refractivity contribution is 0.0342. The van der Waals surface area contributed by atoms with E-state index >= 15 is 0 Å². The summed E-state index contributed by atoms with van der Waals surface area (Å²) in [5.74, 6) is 0.796. The molecule has 0 spiro atoms. The minimum absolute atomic E-state index is 0.259. The second-order valence-corrected chi connectivity index (χ2v) is 3.62. The lowest BCUT2D eigenvalue weighted by Crippen LogP contribution is -2.11. The monoisotopic (exact) mass is 142 g/mol. The Bertz CT molecular complexity index is 111. The molecule has 1 nitrogen and oxygen atoms in total. The summed E-state index contributed by atoms with van der Waals surface area (Å²) >= 11 is 0. The maximum absolute atomic E-state index is 5.69. The molecule has 1 saturated carbocycles. The van der Waals surface area contributed by atoms with Crippen LogP contribution >= 0.6 is 0 Å². The van der Waals surface area contributed by atoms with Crippen LogP contribution in [0.2, 0.25) is 0 Å². The van der Waals surface area contributed by atoms with Gasteiger partial charge in [0.2, 0.25) is 0 Å². The number of unbranched alkanes of at least 4 members (excludes halogenated alkanes) is 1. The van der Waals surface area contributed by atoms with E-state index in [-0.39, 0.29) is 5.60 Å². The highest BCUT2D eigenvalue weighted by Crippen LogP contribution is 2.45. The first kappa shape index (κ1) is 8.06. The van der Waals surface area contributed by atoms with Gasteiger partial charge in [-0.2, -0.15) is 0 Å². The molecule has 1 heteroatoms. The van der Waals surface area contributed by atoms with Crippen molar-refractivity contribution in [3.05, 3.63) is 0 Å². The molecule has 1 fully saturated rings. The molecule has 2 unspecified atom stereocenters. The van der Waals surface area contributed by atoms with Crippen molar-refractivity contribution in [2.75, 3.05) is 6.61 Å². The molecular formula is C9H18O. The molecule has 0 aromatic heterocycles. The van der Waals surface area contributed by atoms with Crippen molar-refractivity contribution in [3.63, 3.8) is 0 Å². The Morgan fingerprint density at radius 3 is 2.60 bits per heavy atom. The van der Waals surface area contributed by atoms with Crippen molar-refractivity contribution in [3.8, 4) is 0 Å². The van der Waals surface area contributed by atoms with Crippen molar-refractivity contribution in [2.24, 2.45) is 5.92 Å². The predicted octanol–water partition coefficient (Wildman–Crippen LogP) is 2.60. The molecule has 10 heavy (non-hydrogen) atoms. The number of ether oxygens (including phenoxy) is 1. The van der Waals surface area contributed by atoms with Gasteiger partial charge in [-0.3, -0.25) is 0 Å². The van der Waals surface area contributed by atoms with Gasteiger partial charge in [-0.25, -0.2) is 0 Å². The zero-order valence-electron chi connectivity index (χ0n) is 7.31. The maximum atomic E-state index is 5.69. The highest BCUT2D eigenvalue weighted by atomic mass is 16.5. The molecule has 0 heterocycles. The molecule has 1 aliphatic rings. The van der Waals surface area contributed by atoms with Crippen LogP contribution < -0.4 is 0 Å². The zero-order chi connectivity index (χ0) is 7.61. The summed E-state index contributed by atoms with van der Waals surface area (Å²) in [6.45, 7) is 7.62. The van der Waals surface area contributed by atoms with Crippen molar-refractivity contribution >= 4 is 0 Å². The molecule has 0 amide bonds. The van der Waals surface area contributed by atoms with Gasteiger partial charge < -0.3 is 4.74 Å². The highest BCUT2D eigenvalue weighted by molar-refractivity contribution is 4.98. The van der Waals surface area contributed by atoms with E-state index in [4.69, 9.17) is 4.74 Å². The fourth-order valence-corrected chi connectivity index (χ4v) is 1.20. The molecule has 0 radical (unpaired) electrons. The van der Waals surface area contributed by atoms with Crippen molar-refractivity contribution in [1.29, 1.82) is 0 Å². The summed E-state index contributed by atoms with van der Waals surface area (Å²) < 4.78 is 5.69. The Balaban J connectivity index is 2.03. The quantitative estimate of drug-likeness (QED) is 0.548. The van der Waals surface area contributed by atoms with Crippen LogP contribution in [-0.2, 0) is 4.74 Å². The Labute approximate surface area is 63.8 Å². The van der Waals surface area contributed by atoms with Gasteiger partial charge in [0.05, 0.1) is 5.60 Å². The van der Waals surface area contributed by atoms with Gasteiger partial charge in [0.1, 0.15) is 0 Å². The molecule has 0 N–H and O–H groups in total. The highest BCUT2D eigenvalue weighted by Gasteiger charge is 2.47. The first-order valence-electron chi connectivity index (χ1n) is 4.33. The van der Waals surface area contributed by atoms with Gasteiger partial charge in [-0.15, -0.1) is 0 Å². The normalized spacial score (nSPS) is 38.1. The van der Waals surface area contributed by atoms with Crippen molar-refractivity contribution in [1.82, 2.24) is 0 Å². The summed E-state index contributed by atoms with van der Waals surface area (Å²) in [6, 6.07) is 0. The average molecular weight is 142 g/mol. The molecule has 0 bridgehead atoms.